The first-order valence-electron chi connectivity index (χ1n) is 7.18. The first kappa shape index (κ1) is 14.6. The summed E-state index contributed by atoms with van der Waals surface area (Å²) in [4.78, 5) is 8.53. The van der Waals surface area contributed by atoms with Gasteiger partial charge in [0.15, 0.2) is 5.65 Å². The predicted molar refractivity (Wildman–Crippen MR) is 91.4 cm³/mol. The number of halogens is 2. The van der Waals surface area contributed by atoms with Crippen molar-refractivity contribution in [2.75, 3.05) is 5.32 Å². The molecule has 2 aromatic carbocycles. The van der Waals surface area contributed by atoms with Crippen LogP contribution in [0.5, 0.6) is 0 Å². The Kier molecular flexibility index (Phi) is 3.59. The largest absolute Gasteiger partial charge is 0.339 e. The van der Waals surface area contributed by atoms with Crippen LogP contribution >= 0.6 is 11.6 Å². The molecule has 4 rings (SSSR count). The maximum Gasteiger partial charge on any atom is 0.168 e. The number of anilines is 2. The molecule has 0 spiro atoms. The molecular formula is C17H11ClFN5. The summed E-state index contributed by atoms with van der Waals surface area (Å²) in [6.45, 7) is 0. The van der Waals surface area contributed by atoms with Crippen LogP contribution in [0.3, 0.4) is 0 Å². The third-order valence-electron chi connectivity index (χ3n) is 3.51. The van der Waals surface area contributed by atoms with Crippen molar-refractivity contribution in [3.05, 3.63) is 71.9 Å². The highest BCUT2D eigenvalue weighted by Gasteiger charge is 2.11. The molecule has 2 aromatic heterocycles. The molecule has 4 aromatic rings. The van der Waals surface area contributed by atoms with Crippen molar-refractivity contribution in [1.29, 1.82) is 0 Å². The van der Waals surface area contributed by atoms with Crippen LogP contribution in [-0.2, 0) is 0 Å². The van der Waals surface area contributed by atoms with E-state index in [1.54, 1.807) is 35.1 Å². The van der Waals surface area contributed by atoms with Crippen molar-refractivity contribution in [2.24, 2.45) is 0 Å². The molecule has 0 unspecified atom stereocenters. The average Bonchev–Trinajstić information content (AvgIpc) is 3.00. The second kappa shape index (κ2) is 5.90. The Labute approximate surface area is 141 Å². The summed E-state index contributed by atoms with van der Waals surface area (Å²) in [6, 6.07) is 13.5. The Balaban J connectivity index is 1.79. The van der Waals surface area contributed by atoms with Crippen LogP contribution in [0.15, 0.2) is 61.1 Å². The number of nitrogens with zero attached hydrogens (tertiary/aromatic N) is 4. The number of rotatable bonds is 3. The van der Waals surface area contributed by atoms with Crippen molar-refractivity contribution < 1.29 is 4.39 Å². The first-order valence-corrected chi connectivity index (χ1v) is 7.56. The lowest BCUT2D eigenvalue weighted by Crippen LogP contribution is -2.00. The summed E-state index contributed by atoms with van der Waals surface area (Å²) < 4.78 is 15.0. The van der Waals surface area contributed by atoms with E-state index in [0.717, 1.165) is 11.1 Å². The van der Waals surface area contributed by atoms with Gasteiger partial charge in [0, 0.05) is 10.7 Å². The maximum absolute atomic E-state index is 13.5. The van der Waals surface area contributed by atoms with Crippen LogP contribution in [0.1, 0.15) is 0 Å². The fourth-order valence-corrected chi connectivity index (χ4v) is 2.63. The summed E-state index contributed by atoms with van der Waals surface area (Å²) in [5, 5.41) is 8.86. The van der Waals surface area contributed by atoms with Crippen LogP contribution in [-0.4, -0.2) is 19.7 Å². The topological polar surface area (TPSA) is 55.6 Å². The van der Waals surface area contributed by atoms with Crippen LogP contribution in [0.4, 0.5) is 15.9 Å². The monoisotopic (exact) mass is 339 g/mol. The minimum atomic E-state index is -0.331. The molecule has 0 saturated heterocycles. The van der Waals surface area contributed by atoms with Crippen molar-refractivity contribution in [1.82, 2.24) is 19.7 Å². The van der Waals surface area contributed by atoms with E-state index in [1.807, 2.05) is 12.1 Å². The highest BCUT2D eigenvalue weighted by Crippen LogP contribution is 2.25. The van der Waals surface area contributed by atoms with E-state index >= 15 is 0 Å². The van der Waals surface area contributed by atoms with Crippen LogP contribution in [0, 0.1) is 5.82 Å². The highest BCUT2D eigenvalue weighted by molar-refractivity contribution is 6.30. The molecular weight excluding hydrogens is 329 g/mol. The van der Waals surface area contributed by atoms with E-state index < -0.39 is 0 Å². The standard InChI is InChI=1S/C17H11ClFN5/c18-11-3-1-5-13(7-11)23-16-15-9-22-24(17(15)21-10-20-16)14-6-2-4-12(19)8-14/h1-10H,(H,20,21,23). The van der Waals surface area contributed by atoms with Gasteiger partial charge >= 0.3 is 0 Å². The molecule has 5 nitrogen and oxygen atoms in total. The molecule has 1 N–H and O–H groups in total. The predicted octanol–water partition coefficient (Wildman–Crippen LogP) is 4.35. The number of fused-ring (bicyclic) bond motifs is 1. The van der Waals surface area contributed by atoms with Gasteiger partial charge in [-0.3, -0.25) is 0 Å². The van der Waals surface area contributed by atoms with Crippen molar-refractivity contribution >= 4 is 34.1 Å². The van der Waals surface area contributed by atoms with Gasteiger partial charge in [0.2, 0.25) is 0 Å². The van der Waals surface area contributed by atoms with E-state index in [9.17, 15) is 4.39 Å². The molecule has 0 aliphatic heterocycles. The lowest BCUT2D eigenvalue weighted by Gasteiger charge is -2.07. The van der Waals surface area contributed by atoms with E-state index in [1.165, 1.54) is 18.5 Å². The summed E-state index contributed by atoms with van der Waals surface area (Å²) in [6.07, 6.45) is 3.08. The van der Waals surface area contributed by atoms with Gasteiger partial charge in [-0.25, -0.2) is 19.0 Å². The molecule has 7 heteroatoms. The molecule has 0 amide bonds. The quantitative estimate of drug-likeness (QED) is 0.603. The molecule has 0 aliphatic carbocycles. The zero-order valence-corrected chi connectivity index (χ0v) is 13.1. The average molecular weight is 340 g/mol. The zero-order valence-electron chi connectivity index (χ0n) is 12.3. The van der Waals surface area contributed by atoms with Crippen LogP contribution < -0.4 is 5.32 Å². The molecule has 0 saturated carbocycles. The van der Waals surface area contributed by atoms with Crippen molar-refractivity contribution in [3.8, 4) is 5.69 Å². The minimum absolute atomic E-state index is 0.331. The summed E-state index contributed by atoms with van der Waals surface area (Å²) in [5.41, 5.74) is 1.98. The summed E-state index contributed by atoms with van der Waals surface area (Å²) in [7, 11) is 0. The molecule has 0 radical (unpaired) electrons. The van der Waals surface area contributed by atoms with Crippen molar-refractivity contribution in [2.45, 2.75) is 0 Å². The normalized spacial score (nSPS) is 10.9. The third kappa shape index (κ3) is 2.68. The van der Waals surface area contributed by atoms with E-state index in [4.69, 9.17) is 11.6 Å². The van der Waals surface area contributed by atoms with Crippen LogP contribution in [0.2, 0.25) is 5.02 Å². The second-order valence-electron chi connectivity index (χ2n) is 5.13. The molecule has 24 heavy (non-hydrogen) atoms. The van der Waals surface area contributed by atoms with E-state index in [0.29, 0.717) is 22.2 Å². The van der Waals surface area contributed by atoms with Gasteiger partial charge in [0.1, 0.15) is 18.0 Å². The van der Waals surface area contributed by atoms with Gasteiger partial charge in [-0.05, 0) is 36.4 Å². The minimum Gasteiger partial charge on any atom is -0.339 e. The second-order valence-corrected chi connectivity index (χ2v) is 5.57. The number of benzene rings is 2. The fourth-order valence-electron chi connectivity index (χ4n) is 2.44. The lowest BCUT2D eigenvalue weighted by atomic mass is 10.3. The number of nitrogens with one attached hydrogen (secondary N) is 1. The molecule has 118 valence electrons. The Bertz CT molecular complexity index is 1030. The Morgan fingerprint density at radius 3 is 2.75 bits per heavy atom. The number of hydrogen-bond donors (Lipinski definition) is 1. The van der Waals surface area contributed by atoms with Crippen molar-refractivity contribution in [3.63, 3.8) is 0 Å². The summed E-state index contributed by atoms with van der Waals surface area (Å²) in [5.74, 6) is 0.271. The lowest BCUT2D eigenvalue weighted by molar-refractivity contribution is 0.625. The van der Waals surface area contributed by atoms with E-state index in [-0.39, 0.29) is 5.82 Å². The molecule has 0 fully saturated rings. The van der Waals surface area contributed by atoms with Gasteiger partial charge in [-0.2, -0.15) is 5.10 Å². The van der Waals surface area contributed by atoms with Crippen LogP contribution in [0.25, 0.3) is 16.7 Å². The SMILES string of the molecule is Fc1cccc(-n2ncc3c(Nc4cccc(Cl)c4)ncnc32)c1. The fraction of sp³-hybridized carbons (Fsp3) is 0. The van der Waals surface area contributed by atoms with Gasteiger partial charge in [-0.15, -0.1) is 0 Å². The zero-order chi connectivity index (χ0) is 16.5. The third-order valence-corrected chi connectivity index (χ3v) is 3.74. The number of hydrogen-bond acceptors (Lipinski definition) is 4. The molecule has 2 heterocycles. The Morgan fingerprint density at radius 1 is 1.04 bits per heavy atom. The number of aromatic nitrogens is 4. The Morgan fingerprint density at radius 2 is 1.92 bits per heavy atom. The smallest absolute Gasteiger partial charge is 0.168 e. The van der Waals surface area contributed by atoms with Gasteiger partial charge in [-0.1, -0.05) is 23.7 Å². The summed E-state index contributed by atoms with van der Waals surface area (Å²) >= 11 is 6.00. The molecule has 0 bridgehead atoms. The van der Waals surface area contributed by atoms with E-state index in [2.05, 4.69) is 20.4 Å². The maximum atomic E-state index is 13.5. The van der Waals surface area contributed by atoms with Gasteiger partial charge < -0.3 is 5.32 Å². The highest BCUT2D eigenvalue weighted by atomic mass is 35.5. The first-order chi connectivity index (χ1) is 11.7. The van der Waals surface area contributed by atoms with Gasteiger partial charge in [0.05, 0.1) is 17.3 Å². The molecule has 0 atom stereocenters. The van der Waals surface area contributed by atoms with Gasteiger partial charge in [0.25, 0.3) is 0 Å². The molecule has 0 aliphatic rings. The Hall–Kier alpha value is -2.99.